The van der Waals surface area contributed by atoms with Gasteiger partial charge in [0.25, 0.3) is 0 Å². The van der Waals surface area contributed by atoms with Crippen molar-refractivity contribution in [1.82, 2.24) is 4.31 Å². The molecule has 0 atom stereocenters. The smallest absolute Gasteiger partial charge is 0.214 e. The molecule has 1 fully saturated rings. The third kappa shape index (κ3) is 2.24. The predicted molar refractivity (Wildman–Crippen MR) is 71.5 cm³/mol. The Kier molecular flexibility index (Phi) is 2.83. The quantitative estimate of drug-likeness (QED) is 0.840. The first-order chi connectivity index (χ1) is 8.56. The second-order valence-corrected chi connectivity index (χ2v) is 7.30. The molecule has 1 saturated carbocycles. The summed E-state index contributed by atoms with van der Waals surface area (Å²) in [5.41, 5.74) is 8.88. The van der Waals surface area contributed by atoms with Gasteiger partial charge in [0.15, 0.2) is 0 Å². The summed E-state index contributed by atoms with van der Waals surface area (Å²) in [5, 5.41) is 0. The fraction of sp³-hybridized carbons (Fsp3) is 0.538. The lowest BCUT2D eigenvalue weighted by Crippen LogP contribution is -2.38. The van der Waals surface area contributed by atoms with Crippen molar-refractivity contribution < 1.29 is 8.42 Å². The number of nitrogens with zero attached hydrogens (tertiary/aromatic N) is 1. The zero-order valence-electron chi connectivity index (χ0n) is 10.3. The first-order valence-corrected chi connectivity index (χ1v) is 8.01. The fourth-order valence-corrected chi connectivity index (χ4v) is 4.38. The summed E-state index contributed by atoms with van der Waals surface area (Å²) >= 11 is 0. The van der Waals surface area contributed by atoms with Crippen LogP contribution in [0.2, 0.25) is 0 Å². The highest BCUT2D eigenvalue weighted by atomic mass is 32.2. The average Bonchev–Trinajstić information content (AvgIpc) is 3.12. The number of hydrogen-bond donors (Lipinski definition) is 1. The molecule has 0 bridgehead atoms. The molecule has 1 aliphatic carbocycles. The fourth-order valence-electron chi connectivity index (χ4n) is 2.54. The van der Waals surface area contributed by atoms with Crippen LogP contribution in [0.15, 0.2) is 18.2 Å². The Bertz CT molecular complexity index is 564. The molecule has 5 heteroatoms. The van der Waals surface area contributed by atoms with Crippen molar-refractivity contribution in [3.8, 4) is 0 Å². The number of sulfonamides is 1. The molecular formula is C13H18N2O2S. The third-order valence-electron chi connectivity index (χ3n) is 3.80. The van der Waals surface area contributed by atoms with Crippen molar-refractivity contribution in [2.24, 2.45) is 5.92 Å². The van der Waals surface area contributed by atoms with E-state index in [0.717, 1.165) is 36.1 Å². The van der Waals surface area contributed by atoms with E-state index < -0.39 is 10.0 Å². The monoisotopic (exact) mass is 266 g/mol. The number of rotatable bonds is 3. The Morgan fingerprint density at radius 2 is 2.11 bits per heavy atom. The summed E-state index contributed by atoms with van der Waals surface area (Å²) in [5.74, 6) is 0.724. The average molecular weight is 266 g/mol. The molecular weight excluding hydrogens is 248 g/mol. The summed E-state index contributed by atoms with van der Waals surface area (Å²) < 4.78 is 26.1. The van der Waals surface area contributed by atoms with Gasteiger partial charge < -0.3 is 5.73 Å². The predicted octanol–water partition coefficient (Wildman–Crippen LogP) is 1.37. The molecule has 2 N–H and O–H groups in total. The molecule has 1 aromatic rings. The lowest BCUT2D eigenvalue weighted by Gasteiger charge is -2.28. The van der Waals surface area contributed by atoms with Gasteiger partial charge in [0, 0.05) is 18.8 Å². The number of fused-ring (bicyclic) bond motifs is 1. The summed E-state index contributed by atoms with van der Waals surface area (Å²) in [7, 11) is -3.08. The zero-order valence-corrected chi connectivity index (χ0v) is 11.1. The van der Waals surface area contributed by atoms with Gasteiger partial charge in [0.2, 0.25) is 10.0 Å². The standard InChI is InChI=1S/C13H18N2O2S/c14-13-3-1-2-11-8-15(7-6-12(11)13)18(16,17)9-10-4-5-10/h1-3,10H,4-9,14H2. The molecule has 0 radical (unpaired) electrons. The molecule has 2 aliphatic rings. The first kappa shape index (κ1) is 12.0. The molecule has 0 saturated heterocycles. The van der Waals surface area contributed by atoms with E-state index >= 15 is 0 Å². The molecule has 0 amide bonds. The highest BCUT2D eigenvalue weighted by Gasteiger charge is 2.33. The van der Waals surface area contributed by atoms with E-state index in [1.165, 1.54) is 0 Å². The highest BCUT2D eigenvalue weighted by molar-refractivity contribution is 7.89. The van der Waals surface area contributed by atoms with Crippen LogP contribution in [0.5, 0.6) is 0 Å². The van der Waals surface area contributed by atoms with Gasteiger partial charge >= 0.3 is 0 Å². The molecule has 0 aromatic heterocycles. The maximum atomic E-state index is 12.2. The number of hydrogen-bond acceptors (Lipinski definition) is 3. The maximum absolute atomic E-state index is 12.2. The van der Waals surface area contributed by atoms with Crippen LogP contribution in [0.25, 0.3) is 0 Å². The molecule has 4 nitrogen and oxygen atoms in total. The number of anilines is 1. The Morgan fingerprint density at radius 3 is 2.83 bits per heavy atom. The van der Waals surface area contributed by atoms with Gasteiger partial charge in [-0.25, -0.2) is 8.42 Å². The van der Waals surface area contributed by atoms with Gasteiger partial charge in [0.05, 0.1) is 5.75 Å². The van der Waals surface area contributed by atoms with Gasteiger partial charge in [-0.05, 0) is 42.4 Å². The van der Waals surface area contributed by atoms with Crippen LogP contribution in [0.1, 0.15) is 24.0 Å². The highest BCUT2D eigenvalue weighted by Crippen LogP contribution is 2.33. The van der Waals surface area contributed by atoms with E-state index in [9.17, 15) is 8.42 Å². The summed E-state index contributed by atoms with van der Waals surface area (Å²) in [6.45, 7) is 1.05. The second-order valence-electron chi connectivity index (χ2n) is 5.29. The minimum absolute atomic E-state index is 0.324. The molecule has 0 spiro atoms. The molecule has 0 unspecified atom stereocenters. The van der Waals surface area contributed by atoms with Crippen LogP contribution < -0.4 is 5.73 Å². The largest absolute Gasteiger partial charge is 0.398 e. The molecule has 1 aliphatic heterocycles. The van der Waals surface area contributed by atoms with Gasteiger partial charge in [0.1, 0.15) is 0 Å². The Hall–Kier alpha value is -1.07. The molecule has 1 heterocycles. The number of nitrogen functional groups attached to an aromatic ring is 1. The number of nitrogens with two attached hydrogens (primary N) is 1. The minimum Gasteiger partial charge on any atom is -0.398 e. The van der Waals surface area contributed by atoms with Crippen molar-refractivity contribution >= 4 is 15.7 Å². The molecule has 1 aromatic carbocycles. The van der Waals surface area contributed by atoms with Crippen LogP contribution in [0.4, 0.5) is 5.69 Å². The molecule has 98 valence electrons. The van der Waals surface area contributed by atoms with Crippen molar-refractivity contribution in [3.63, 3.8) is 0 Å². The lowest BCUT2D eigenvalue weighted by molar-refractivity contribution is 0.390. The van der Waals surface area contributed by atoms with Gasteiger partial charge in [-0.3, -0.25) is 0 Å². The summed E-state index contributed by atoms with van der Waals surface area (Å²) in [6.07, 6.45) is 2.86. The Morgan fingerprint density at radius 1 is 1.33 bits per heavy atom. The zero-order chi connectivity index (χ0) is 12.8. The normalized spacial score (nSPS) is 20.7. The van der Waals surface area contributed by atoms with Crippen LogP contribution in [-0.2, 0) is 23.0 Å². The van der Waals surface area contributed by atoms with E-state index in [4.69, 9.17) is 5.73 Å². The van der Waals surface area contributed by atoms with Gasteiger partial charge in [-0.1, -0.05) is 12.1 Å². The van der Waals surface area contributed by atoms with Crippen molar-refractivity contribution in [2.45, 2.75) is 25.8 Å². The second kappa shape index (κ2) is 4.24. The van der Waals surface area contributed by atoms with Crippen LogP contribution in [-0.4, -0.2) is 25.0 Å². The van der Waals surface area contributed by atoms with Gasteiger partial charge in [-0.2, -0.15) is 4.31 Å². The molecule has 18 heavy (non-hydrogen) atoms. The van der Waals surface area contributed by atoms with Gasteiger partial charge in [-0.15, -0.1) is 0 Å². The van der Waals surface area contributed by atoms with E-state index in [-0.39, 0.29) is 0 Å². The van der Waals surface area contributed by atoms with E-state index in [2.05, 4.69) is 0 Å². The number of benzene rings is 1. The topological polar surface area (TPSA) is 63.4 Å². The van der Waals surface area contributed by atoms with Crippen LogP contribution in [0, 0.1) is 5.92 Å². The molecule has 3 rings (SSSR count). The Labute approximate surface area is 108 Å². The summed E-state index contributed by atoms with van der Waals surface area (Å²) in [6, 6.07) is 5.75. The van der Waals surface area contributed by atoms with Crippen molar-refractivity contribution in [2.75, 3.05) is 18.0 Å². The van der Waals surface area contributed by atoms with Crippen LogP contribution >= 0.6 is 0 Å². The van der Waals surface area contributed by atoms with E-state index in [1.807, 2.05) is 18.2 Å². The maximum Gasteiger partial charge on any atom is 0.214 e. The van der Waals surface area contributed by atoms with E-state index in [0.29, 0.717) is 24.8 Å². The van der Waals surface area contributed by atoms with Crippen molar-refractivity contribution in [3.05, 3.63) is 29.3 Å². The SMILES string of the molecule is Nc1cccc2c1CCN(S(=O)(=O)CC1CC1)C2. The third-order valence-corrected chi connectivity index (χ3v) is 5.79. The van der Waals surface area contributed by atoms with Crippen LogP contribution in [0.3, 0.4) is 0 Å². The first-order valence-electron chi connectivity index (χ1n) is 6.40. The minimum atomic E-state index is -3.08. The lowest BCUT2D eigenvalue weighted by atomic mass is 9.99. The summed E-state index contributed by atoms with van der Waals surface area (Å²) in [4.78, 5) is 0. The van der Waals surface area contributed by atoms with E-state index in [1.54, 1.807) is 4.31 Å². The van der Waals surface area contributed by atoms with Crippen molar-refractivity contribution in [1.29, 1.82) is 0 Å². The Balaban J connectivity index is 1.82.